The number of nitrogens with one attached hydrogen (secondary N) is 1. The van der Waals surface area contributed by atoms with Crippen molar-refractivity contribution in [2.24, 2.45) is 5.10 Å². The Balaban J connectivity index is 1.81. The molecule has 29 heavy (non-hydrogen) atoms. The Morgan fingerprint density at radius 1 is 1.17 bits per heavy atom. The monoisotopic (exact) mass is 413 g/mol. The van der Waals surface area contributed by atoms with E-state index in [4.69, 9.17) is 20.8 Å². The fraction of sp³-hybridized carbons (Fsp3) is 0. The van der Waals surface area contributed by atoms with Gasteiger partial charge in [-0.1, -0.05) is 11.6 Å². The van der Waals surface area contributed by atoms with Crippen LogP contribution in [0.5, 0.6) is 5.75 Å². The summed E-state index contributed by atoms with van der Waals surface area (Å²) in [7, 11) is 0. The maximum atomic E-state index is 12.3. The number of carbonyl (C=O) groups excluding carboxylic acids is 2. The summed E-state index contributed by atoms with van der Waals surface area (Å²) in [6, 6.07) is 12.6. The molecule has 0 spiro atoms. The van der Waals surface area contributed by atoms with E-state index in [2.05, 4.69) is 10.5 Å². The number of rotatable bonds is 6. The Morgan fingerprint density at radius 3 is 2.59 bits per heavy atom. The first-order valence-corrected chi connectivity index (χ1v) is 8.45. The predicted octanol–water partition coefficient (Wildman–Crippen LogP) is 3.82. The molecule has 3 aromatic rings. The molecule has 0 bridgehead atoms. The van der Waals surface area contributed by atoms with E-state index in [-0.39, 0.29) is 28.3 Å². The van der Waals surface area contributed by atoms with E-state index < -0.39 is 16.8 Å². The number of carbonyl (C=O) groups is 2. The summed E-state index contributed by atoms with van der Waals surface area (Å²) in [4.78, 5) is 34.6. The summed E-state index contributed by atoms with van der Waals surface area (Å²) in [5, 5.41) is 15.2. The number of nitro benzene ring substituents is 1. The van der Waals surface area contributed by atoms with Crippen molar-refractivity contribution in [1.82, 2.24) is 5.43 Å². The van der Waals surface area contributed by atoms with Crippen molar-refractivity contribution >= 4 is 35.4 Å². The van der Waals surface area contributed by atoms with Crippen LogP contribution in [0.1, 0.15) is 26.5 Å². The first kappa shape index (κ1) is 19.8. The van der Waals surface area contributed by atoms with Gasteiger partial charge in [0.1, 0.15) is 5.75 Å². The highest BCUT2D eigenvalue weighted by Crippen LogP contribution is 2.24. The molecule has 3 rings (SSSR count). The fourth-order valence-corrected chi connectivity index (χ4v) is 2.34. The highest BCUT2D eigenvalue weighted by atomic mass is 35.5. The minimum absolute atomic E-state index is 0.0200. The molecular formula is C19H12ClN3O6. The second kappa shape index (κ2) is 8.81. The number of halogens is 1. The van der Waals surface area contributed by atoms with E-state index >= 15 is 0 Å². The van der Waals surface area contributed by atoms with Crippen LogP contribution in [0.3, 0.4) is 0 Å². The number of nitro groups is 1. The molecular weight excluding hydrogens is 402 g/mol. The molecule has 9 nitrogen and oxygen atoms in total. The van der Waals surface area contributed by atoms with Crippen molar-refractivity contribution in [3.05, 3.63) is 92.9 Å². The lowest BCUT2D eigenvalue weighted by atomic mass is 10.2. The number of furan rings is 1. The molecule has 0 radical (unpaired) electrons. The smallest absolute Gasteiger partial charge is 0.343 e. The lowest BCUT2D eigenvalue weighted by Crippen LogP contribution is -2.17. The zero-order valence-electron chi connectivity index (χ0n) is 14.6. The summed E-state index contributed by atoms with van der Waals surface area (Å²) in [5.41, 5.74) is 2.32. The number of hydrogen-bond acceptors (Lipinski definition) is 7. The van der Waals surface area contributed by atoms with Gasteiger partial charge in [-0.2, -0.15) is 5.10 Å². The molecule has 0 unspecified atom stereocenters. The molecule has 0 atom stereocenters. The molecule has 0 aliphatic heterocycles. The molecule has 0 saturated carbocycles. The quantitative estimate of drug-likeness (QED) is 0.215. The third kappa shape index (κ3) is 5.05. The topological polar surface area (TPSA) is 124 Å². The lowest BCUT2D eigenvalue weighted by Gasteiger charge is -2.07. The van der Waals surface area contributed by atoms with Crippen LogP contribution in [0.2, 0.25) is 5.02 Å². The average molecular weight is 414 g/mol. The molecule has 1 N–H and O–H groups in total. The van der Waals surface area contributed by atoms with Crippen molar-refractivity contribution in [1.29, 1.82) is 0 Å². The van der Waals surface area contributed by atoms with Crippen LogP contribution in [0, 0.1) is 10.1 Å². The molecule has 0 aliphatic rings. The van der Waals surface area contributed by atoms with E-state index in [0.29, 0.717) is 5.02 Å². The van der Waals surface area contributed by atoms with Gasteiger partial charge < -0.3 is 9.15 Å². The molecule has 1 heterocycles. The number of nitrogens with zero attached hydrogens (tertiary/aromatic N) is 2. The van der Waals surface area contributed by atoms with Crippen molar-refractivity contribution in [2.75, 3.05) is 0 Å². The number of esters is 1. The fourth-order valence-electron chi connectivity index (χ4n) is 2.21. The van der Waals surface area contributed by atoms with Gasteiger partial charge in [0.15, 0.2) is 5.76 Å². The summed E-state index contributed by atoms with van der Waals surface area (Å²) in [6.07, 6.45) is 2.45. The second-order valence-corrected chi connectivity index (χ2v) is 5.99. The van der Waals surface area contributed by atoms with Crippen molar-refractivity contribution in [3.8, 4) is 5.75 Å². The zero-order valence-corrected chi connectivity index (χ0v) is 15.3. The Labute approximate surface area is 168 Å². The van der Waals surface area contributed by atoms with Gasteiger partial charge in [0, 0.05) is 22.7 Å². The Hall–Kier alpha value is -3.98. The minimum atomic E-state index is -0.690. The largest absolute Gasteiger partial charge is 0.459 e. The highest BCUT2D eigenvalue weighted by Gasteiger charge is 2.15. The second-order valence-electron chi connectivity index (χ2n) is 5.55. The van der Waals surface area contributed by atoms with Crippen molar-refractivity contribution in [2.45, 2.75) is 0 Å². The third-order valence-corrected chi connectivity index (χ3v) is 3.85. The molecule has 1 amide bonds. The lowest BCUT2D eigenvalue weighted by molar-refractivity contribution is -0.384. The normalized spacial score (nSPS) is 10.7. The Kier molecular flexibility index (Phi) is 6.00. The molecule has 2 aromatic carbocycles. The van der Waals surface area contributed by atoms with Crippen LogP contribution in [0.25, 0.3) is 0 Å². The molecule has 0 fully saturated rings. The summed E-state index contributed by atoms with van der Waals surface area (Å²) in [5.74, 6) is -1.25. The SMILES string of the molecule is O=C(Oc1ccc([N+](=O)[O-])cc1/C=N/NC(=O)c1ccco1)c1ccc(Cl)cc1. The standard InChI is InChI=1S/C19H12ClN3O6/c20-14-5-3-12(4-6-14)19(25)29-16-8-7-15(23(26)27)10-13(16)11-21-22-18(24)17-2-1-9-28-17/h1-11H,(H,22,24)/b21-11+. The number of ether oxygens (including phenoxy) is 1. The molecule has 0 aliphatic carbocycles. The zero-order chi connectivity index (χ0) is 20.8. The van der Waals surface area contributed by atoms with E-state index in [1.807, 2.05) is 0 Å². The van der Waals surface area contributed by atoms with Gasteiger partial charge in [0.2, 0.25) is 0 Å². The van der Waals surface area contributed by atoms with Crippen LogP contribution < -0.4 is 10.2 Å². The number of amides is 1. The van der Waals surface area contributed by atoms with Gasteiger partial charge in [-0.05, 0) is 42.5 Å². The maximum absolute atomic E-state index is 12.3. The highest BCUT2D eigenvalue weighted by molar-refractivity contribution is 6.30. The number of hydrazone groups is 1. The van der Waals surface area contributed by atoms with Gasteiger partial charge in [-0.3, -0.25) is 14.9 Å². The van der Waals surface area contributed by atoms with Crippen molar-refractivity contribution in [3.63, 3.8) is 0 Å². The van der Waals surface area contributed by atoms with Gasteiger partial charge in [0.25, 0.3) is 5.69 Å². The van der Waals surface area contributed by atoms with Crippen LogP contribution >= 0.6 is 11.6 Å². The van der Waals surface area contributed by atoms with Crippen molar-refractivity contribution < 1.29 is 23.7 Å². The minimum Gasteiger partial charge on any atom is -0.459 e. The average Bonchev–Trinajstić information content (AvgIpc) is 3.24. The maximum Gasteiger partial charge on any atom is 0.343 e. The number of hydrogen-bond donors (Lipinski definition) is 1. The molecule has 10 heteroatoms. The number of benzene rings is 2. The third-order valence-electron chi connectivity index (χ3n) is 3.60. The van der Waals surface area contributed by atoms with Crippen LogP contribution in [-0.2, 0) is 0 Å². The molecule has 1 aromatic heterocycles. The van der Waals surface area contributed by atoms with E-state index in [1.165, 1.54) is 54.8 Å². The Morgan fingerprint density at radius 2 is 1.93 bits per heavy atom. The Bertz CT molecular complexity index is 1080. The summed E-state index contributed by atoms with van der Waals surface area (Å²) < 4.78 is 10.2. The molecule has 146 valence electrons. The number of non-ortho nitro benzene ring substituents is 1. The predicted molar refractivity (Wildman–Crippen MR) is 103 cm³/mol. The van der Waals surface area contributed by atoms with Gasteiger partial charge in [-0.25, -0.2) is 10.2 Å². The van der Waals surface area contributed by atoms with Crippen LogP contribution in [-0.4, -0.2) is 23.0 Å². The molecule has 0 saturated heterocycles. The van der Waals surface area contributed by atoms with Gasteiger partial charge >= 0.3 is 11.9 Å². The summed E-state index contributed by atoms with van der Waals surface area (Å²) in [6.45, 7) is 0. The first-order chi connectivity index (χ1) is 13.9. The van der Waals surface area contributed by atoms with Gasteiger partial charge in [-0.15, -0.1) is 0 Å². The summed E-state index contributed by atoms with van der Waals surface area (Å²) >= 11 is 5.79. The van der Waals surface area contributed by atoms with Crippen LogP contribution in [0.4, 0.5) is 5.69 Å². The van der Waals surface area contributed by atoms with Crippen LogP contribution in [0.15, 0.2) is 70.4 Å². The van der Waals surface area contributed by atoms with E-state index in [0.717, 1.165) is 12.3 Å². The van der Waals surface area contributed by atoms with Gasteiger partial charge in [0.05, 0.1) is 23.0 Å². The van der Waals surface area contributed by atoms with E-state index in [9.17, 15) is 19.7 Å². The first-order valence-electron chi connectivity index (χ1n) is 8.07. The van der Waals surface area contributed by atoms with E-state index in [1.54, 1.807) is 0 Å².